The van der Waals surface area contributed by atoms with Gasteiger partial charge < -0.3 is 8.80 Å². The highest BCUT2D eigenvalue weighted by Crippen LogP contribution is 2.47. The van der Waals surface area contributed by atoms with Crippen LogP contribution in [0.15, 0.2) is 152 Å². The molecule has 0 saturated heterocycles. The summed E-state index contributed by atoms with van der Waals surface area (Å²) in [4.78, 5) is 16.5. The molecule has 0 spiro atoms. The van der Waals surface area contributed by atoms with Crippen LogP contribution in [0.5, 0.6) is 0 Å². The zero-order valence-corrected chi connectivity index (χ0v) is 43.7. The van der Waals surface area contributed by atoms with Crippen molar-refractivity contribution in [2.24, 2.45) is 0 Å². The van der Waals surface area contributed by atoms with E-state index in [0.29, 0.717) is 0 Å². The normalized spacial score (nSPS) is 13.3. The van der Waals surface area contributed by atoms with Crippen molar-refractivity contribution in [2.75, 3.05) is 0 Å². The molecule has 13 aromatic rings. The molecule has 0 aliphatic heterocycles. The summed E-state index contributed by atoms with van der Waals surface area (Å²) in [6.45, 7) is 27.2. The second-order valence-electron chi connectivity index (χ2n) is 24.7. The predicted molar refractivity (Wildman–Crippen MR) is 306 cm³/mol. The van der Waals surface area contributed by atoms with Gasteiger partial charge in [-0.05, 0) is 97.5 Å². The quantitative estimate of drug-likeness (QED) is 0.177. The van der Waals surface area contributed by atoms with Crippen molar-refractivity contribution in [3.8, 4) is 44.9 Å². The first-order valence-corrected chi connectivity index (χ1v) is 25.7. The van der Waals surface area contributed by atoms with E-state index >= 15 is 0 Å². The summed E-state index contributed by atoms with van der Waals surface area (Å²) in [5.41, 5.74) is 22.8. The molecular weight excluding hydrogens is 875 g/mol. The molecule has 7 aromatic heterocycles. The molecule has 5 nitrogen and oxygen atoms in total. The van der Waals surface area contributed by atoms with E-state index in [4.69, 9.17) is 15.0 Å². The first-order valence-electron chi connectivity index (χ1n) is 25.7. The third-order valence-electron chi connectivity index (χ3n) is 15.7. The number of fused-ring (bicyclic) bond motifs is 12. The lowest BCUT2D eigenvalue weighted by atomic mass is 9.86. The fourth-order valence-corrected chi connectivity index (χ4v) is 11.4. The van der Waals surface area contributed by atoms with Crippen LogP contribution in [0.2, 0.25) is 0 Å². The zero-order chi connectivity index (χ0) is 50.0. The largest absolute Gasteiger partial charge is 0.306 e. The Hall–Kier alpha value is -7.63. The Balaban J connectivity index is 1.10. The highest BCUT2D eigenvalue weighted by atomic mass is 15.0. The number of hydrogen-bond donors (Lipinski definition) is 0. The Bertz CT molecular complexity index is 4010. The van der Waals surface area contributed by atoms with Crippen molar-refractivity contribution in [3.05, 3.63) is 174 Å². The Kier molecular flexibility index (Phi) is 9.21. The van der Waals surface area contributed by atoms with Crippen LogP contribution in [-0.2, 0) is 21.7 Å². The minimum Gasteiger partial charge on any atom is -0.306 e. The van der Waals surface area contributed by atoms with E-state index in [0.717, 1.165) is 83.2 Å². The van der Waals surface area contributed by atoms with Crippen molar-refractivity contribution in [3.63, 3.8) is 0 Å². The Labute approximate surface area is 421 Å². The lowest BCUT2D eigenvalue weighted by Crippen LogP contribution is -2.10. The van der Waals surface area contributed by atoms with Gasteiger partial charge in [0.25, 0.3) is 0 Å². The molecular formula is C67H61N5. The van der Waals surface area contributed by atoms with E-state index in [1.165, 1.54) is 60.4 Å². The minimum absolute atomic E-state index is 0.0444. The molecule has 7 heterocycles. The highest BCUT2D eigenvalue weighted by molar-refractivity contribution is 6.28. The second-order valence-corrected chi connectivity index (χ2v) is 24.7. The Morgan fingerprint density at radius 2 is 0.653 bits per heavy atom. The Morgan fingerprint density at radius 3 is 1.08 bits per heavy atom. The topological polar surface area (TPSA) is 47.5 Å². The molecule has 5 heteroatoms. The van der Waals surface area contributed by atoms with Gasteiger partial charge in [-0.15, -0.1) is 0 Å². The molecule has 0 unspecified atom stereocenters. The van der Waals surface area contributed by atoms with Gasteiger partial charge in [0.1, 0.15) is 0 Å². The summed E-state index contributed by atoms with van der Waals surface area (Å²) < 4.78 is 4.90. The maximum atomic E-state index is 5.64. The number of pyridine rings is 3. The zero-order valence-electron chi connectivity index (χ0n) is 43.7. The van der Waals surface area contributed by atoms with E-state index in [1.807, 2.05) is 0 Å². The first-order chi connectivity index (χ1) is 34.2. The summed E-state index contributed by atoms with van der Waals surface area (Å²) in [6, 6.07) is 54.8. The summed E-state index contributed by atoms with van der Waals surface area (Å²) in [7, 11) is 0. The van der Waals surface area contributed by atoms with Crippen LogP contribution in [0.1, 0.15) is 105 Å². The van der Waals surface area contributed by atoms with Gasteiger partial charge in [0.15, 0.2) is 0 Å². The summed E-state index contributed by atoms with van der Waals surface area (Å²) in [5.74, 6) is 0. The standard InChI is InChI=1S/C67H61N5/c1-64(2,3)43-22-13-38(14-23-43)42-21-30-56-47(31-42)49-34-54(40-17-26-45(27-18-40)66(7,8)9)69-60-51-32-52-58(36-57(51)71(56)62(49)60)72-59-37-68-53(39-15-24-44(25-16-39)65(4,5)6)33-48(59)50-35-55(70-61(52)63(50)72)41-19-28-46(29-20-41)67(10,11)12/h13-37H,1-12H3. The number of rotatable bonds is 4. The van der Waals surface area contributed by atoms with Crippen LogP contribution >= 0.6 is 0 Å². The van der Waals surface area contributed by atoms with Gasteiger partial charge in [0, 0.05) is 49.0 Å². The molecule has 0 N–H and O–H groups in total. The average Bonchev–Trinajstić information content (AvgIpc) is 4.07. The van der Waals surface area contributed by atoms with Crippen LogP contribution in [0.4, 0.5) is 0 Å². The van der Waals surface area contributed by atoms with Gasteiger partial charge in [-0.1, -0.05) is 186 Å². The van der Waals surface area contributed by atoms with Gasteiger partial charge in [0.05, 0.1) is 67.4 Å². The van der Waals surface area contributed by atoms with Crippen LogP contribution in [0.25, 0.3) is 121 Å². The molecule has 6 aromatic carbocycles. The molecule has 0 amide bonds. The maximum absolute atomic E-state index is 5.64. The van der Waals surface area contributed by atoms with Crippen LogP contribution in [0, 0.1) is 0 Å². The molecule has 0 bridgehead atoms. The van der Waals surface area contributed by atoms with Gasteiger partial charge in [-0.25, -0.2) is 9.97 Å². The van der Waals surface area contributed by atoms with Gasteiger partial charge in [0.2, 0.25) is 0 Å². The lowest BCUT2D eigenvalue weighted by molar-refractivity contribution is 0.590. The SMILES string of the molecule is CC(C)(C)c1ccc(-c2ccc3c(c2)c2cc(-c4ccc(C(C)(C)C)cc4)nc4c5cc6c7nc(-c8ccc(C(C)(C)C)cc8)cc8c9cc(-c%10ccc(C(C)(C)C)cc%10)ncc9n(c6cc5n3c24)c87)cc1. The highest BCUT2D eigenvalue weighted by Gasteiger charge is 2.27. The van der Waals surface area contributed by atoms with E-state index in [-0.39, 0.29) is 21.7 Å². The van der Waals surface area contributed by atoms with Crippen LogP contribution in [0.3, 0.4) is 0 Å². The number of nitrogens with zero attached hydrogens (tertiary/aromatic N) is 5. The van der Waals surface area contributed by atoms with Crippen molar-refractivity contribution in [1.29, 1.82) is 0 Å². The van der Waals surface area contributed by atoms with Crippen molar-refractivity contribution < 1.29 is 0 Å². The number of aromatic nitrogens is 5. The summed E-state index contributed by atoms with van der Waals surface area (Å²) in [6.07, 6.45) is 2.08. The molecule has 0 aliphatic rings. The van der Waals surface area contributed by atoms with E-state index < -0.39 is 0 Å². The summed E-state index contributed by atoms with van der Waals surface area (Å²) in [5, 5.41) is 6.99. The van der Waals surface area contributed by atoms with E-state index in [2.05, 4.69) is 244 Å². The second kappa shape index (κ2) is 15.0. The first kappa shape index (κ1) is 44.3. The fourth-order valence-electron chi connectivity index (χ4n) is 11.4. The van der Waals surface area contributed by atoms with Crippen molar-refractivity contribution >= 4 is 76.5 Å². The van der Waals surface area contributed by atoms with Crippen molar-refractivity contribution in [2.45, 2.75) is 105 Å². The van der Waals surface area contributed by atoms with Gasteiger partial charge >= 0.3 is 0 Å². The predicted octanol–water partition coefficient (Wildman–Crippen LogP) is 18.0. The van der Waals surface area contributed by atoms with Crippen LogP contribution < -0.4 is 0 Å². The molecule has 354 valence electrons. The molecule has 13 rings (SSSR count). The molecule has 0 aliphatic carbocycles. The van der Waals surface area contributed by atoms with Crippen molar-refractivity contribution in [1.82, 2.24) is 23.8 Å². The third kappa shape index (κ3) is 6.76. The van der Waals surface area contributed by atoms with E-state index in [1.54, 1.807) is 0 Å². The van der Waals surface area contributed by atoms with Gasteiger partial charge in [-0.2, -0.15) is 0 Å². The molecule has 0 atom stereocenters. The average molecular weight is 936 g/mol. The van der Waals surface area contributed by atoms with E-state index in [9.17, 15) is 0 Å². The Morgan fingerprint density at radius 1 is 0.292 bits per heavy atom. The lowest BCUT2D eigenvalue weighted by Gasteiger charge is -2.19. The number of hydrogen-bond acceptors (Lipinski definition) is 3. The minimum atomic E-state index is 0.0444. The molecule has 0 radical (unpaired) electrons. The molecule has 0 saturated carbocycles. The fraction of sp³-hybridized carbons (Fsp3) is 0.239. The molecule has 0 fully saturated rings. The maximum Gasteiger partial charge on any atom is 0.0977 e. The van der Waals surface area contributed by atoms with Gasteiger partial charge in [-0.3, -0.25) is 4.98 Å². The third-order valence-corrected chi connectivity index (χ3v) is 15.7. The smallest absolute Gasteiger partial charge is 0.0977 e. The summed E-state index contributed by atoms with van der Waals surface area (Å²) >= 11 is 0. The number of benzene rings is 6. The molecule has 72 heavy (non-hydrogen) atoms. The van der Waals surface area contributed by atoms with Crippen LogP contribution in [-0.4, -0.2) is 23.8 Å². The monoisotopic (exact) mass is 935 g/mol.